The molecule has 233 valence electrons. The molecular weight excluding hydrogens is 558 g/mol. The lowest BCUT2D eigenvalue weighted by Crippen LogP contribution is -2.48. The molecule has 12 heteroatoms. The summed E-state index contributed by atoms with van der Waals surface area (Å²) in [4.78, 5) is 49.0. The van der Waals surface area contributed by atoms with Crippen LogP contribution < -0.4 is 31.3 Å². The van der Waals surface area contributed by atoms with Gasteiger partial charge in [0.25, 0.3) is 0 Å². The number of hydrogen-bond acceptors (Lipinski definition) is 7. The van der Waals surface area contributed by atoms with Crippen LogP contribution in [0.1, 0.15) is 71.3 Å². The van der Waals surface area contributed by atoms with E-state index in [1.165, 1.54) is 0 Å². The molecule has 2 heterocycles. The van der Waals surface area contributed by atoms with E-state index >= 15 is 0 Å². The van der Waals surface area contributed by atoms with Gasteiger partial charge in [-0.25, -0.2) is 9.59 Å². The predicted molar refractivity (Wildman–Crippen MR) is 163 cm³/mol. The van der Waals surface area contributed by atoms with Crippen LogP contribution in [-0.2, 0) is 14.3 Å². The van der Waals surface area contributed by atoms with Crippen LogP contribution in [0.4, 0.5) is 9.59 Å². The summed E-state index contributed by atoms with van der Waals surface area (Å²) in [6, 6.07) is 6.88. The molecule has 5 N–H and O–H groups in total. The number of carbonyl (C=O) groups excluding carboxylic acids is 4. The molecule has 0 spiro atoms. The Morgan fingerprint density at radius 1 is 1.05 bits per heavy atom. The lowest BCUT2D eigenvalue weighted by atomic mass is 10.0. The molecule has 42 heavy (non-hydrogen) atoms. The number of thioether (sulfide) groups is 1. The number of alkyl carbamates (subject to hydrolysis) is 1. The van der Waals surface area contributed by atoms with Gasteiger partial charge >= 0.3 is 12.1 Å². The topological polar surface area (TPSA) is 147 Å². The smallest absolute Gasteiger partial charge is 0.408 e. The van der Waals surface area contributed by atoms with Gasteiger partial charge in [-0.3, -0.25) is 9.59 Å². The van der Waals surface area contributed by atoms with Gasteiger partial charge in [-0.15, -0.1) is 0 Å². The first-order valence-electron chi connectivity index (χ1n) is 14.8. The summed E-state index contributed by atoms with van der Waals surface area (Å²) in [5.74, 6) is 1.31. The molecule has 2 fully saturated rings. The van der Waals surface area contributed by atoms with Crippen LogP contribution in [0.3, 0.4) is 0 Å². The van der Waals surface area contributed by atoms with Crippen molar-refractivity contribution in [2.75, 3.05) is 25.4 Å². The Balaban J connectivity index is 1.31. The number of unbranched alkanes of at least 4 members (excludes halogenated alkanes) is 2. The van der Waals surface area contributed by atoms with Gasteiger partial charge in [-0.1, -0.05) is 18.6 Å². The summed E-state index contributed by atoms with van der Waals surface area (Å²) in [6.07, 6.45) is 4.22. The van der Waals surface area contributed by atoms with Gasteiger partial charge in [0, 0.05) is 24.0 Å². The highest BCUT2D eigenvalue weighted by atomic mass is 32.2. The molecule has 2 aliphatic rings. The first-order valence-corrected chi connectivity index (χ1v) is 15.8. The van der Waals surface area contributed by atoms with E-state index in [0.717, 1.165) is 30.6 Å². The van der Waals surface area contributed by atoms with Crippen LogP contribution in [0.15, 0.2) is 24.3 Å². The number of fused-ring (bicyclic) bond motifs is 1. The number of amides is 5. The number of rotatable bonds is 16. The van der Waals surface area contributed by atoms with Gasteiger partial charge in [-0.2, -0.15) is 11.8 Å². The van der Waals surface area contributed by atoms with E-state index in [1.807, 2.05) is 36.0 Å². The van der Waals surface area contributed by atoms with E-state index in [0.29, 0.717) is 43.2 Å². The number of carbonyl (C=O) groups is 4. The van der Waals surface area contributed by atoms with E-state index in [9.17, 15) is 19.2 Å². The zero-order valence-corrected chi connectivity index (χ0v) is 25.8. The fraction of sp³-hybridized carbons (Fsp3) is 0.633. The summed E-state index contributed by atoms with van der Waals surface area (Å²) >= 11 is 1.88. The molecule has 1 radical (unpaired) electrons. The Labute approximate surface area is 253 Å². The molecule has 3 rings (SSSR count). The molecule has 5 amide bonds. The van der Waals surface area contributed by atoms with Gasteiger partial charge in [0.05, 0.1) is 18.6 Å². The van der Waals surface area contributed by atoms with Crippen LogP contribution >= 0.6 is 11.8 Å². The quantitative estimate of drug-likeness (QED) is 0.144. The predicted octanol–water partition coefficient (Wildman–Crippen LogP) is 3.27. The minimum atomic E-state index is -0.770. The Bertz CT molecular complexity index is 1050. The van der Waals surface area contributed by atoms with Crippen molar-refractivity contribution in [1.29, 1.82) is 0 Å². The van der Waals surface area contributed by atoms with Crippen molar-refractivity contribution >= 4 is 35.7 Å². The second-order valence-electron chi connectivity index (χ2n) is 11.7. The maximum atomic E-state index is 12.9. The number of ether oxygens (including phenoxy) is 2. The molecule has 1 aromatic rings. The number of benzene rings is 1. The fourth-order valence-electron chi connectivity index (χ4n) is 4.83. The molecule has 11 nitrogen and oxygen atoms in total. The molecule has 0 aromatic heterocycles. The SMILES string of the molecule is [CH2]c1ccc(OCCNC(=O)[C@@H](CCCCNC(=O)CCCC[C@@H]2SC[C@@H]3NC(=O)N[C@@H]32)NC(=O)OC(C)(C)C)cc1. The zero-order valence-electron chi connectivity index (χ0n) is 25.0. The van der Waals surface area contributed by atoms with Gasteiger partial charge in [-0.05, 0) is 77.5 Å². The van der Waals surface area contributed by atoms with Crippen molar-refractivity contribution in [2.24, 2.45) is 0 Å². The number of urea groups is 1. The first kappa shape index (κ1) is 33.4. The van der Waals surface area contributed by atoms with Crippen molar-refractivity contribution in [3.05, 3.63) is 36.8 Å². The lowest BCUT2D eigenvalue weighted by molar-refractivity contribution is -0.123. The molecule has 2 saturated heterocycles. The molecule has 4 atom stereocenters. The molecule has 2 aliphatic heterocycles. The number of nitrogens with one attached hydrogen (secondary N) is 5. The van der Waals surface area contributed by atoms with Gasteiger partial charge in [0.1, 0.15) is 24.0 Å². The van der Waals surface area contributed by atoms with Gasteiger partial charge in [0.2, 0.25) is 11.8 Å². The van der Waals surface area contributed by atoms with Crippen molar-refractivity contribution in [3.63, 3.8) is 0 Å². The lowest BCUT2D eigenvalue weighted by Gasteiger charge is -2.23. The third-order valence-corrected chi connectivity index (χ3v) is 8.43. The van der Waals surface area contributed by atoms with Crippen LogP contribution in [0.5, 0.6) is 5.75 Å². The number of hydrogen-bond donors (Lipinski definition) is 5. The molecule has 0 saturated carbocycles. The van der Waals surface area contributed by atoms with Crippen LogP contribution in [0.2, 0.25) is 0 Å². The molecule has 0 aliphatic carbocycles. The molecule has 0 unspecified atom stereocenters. The second kappa shape index (κ2) is 16.5. The Kier molecular flexibility index (Phi) is 13.1. The molecule has 1 aromatic carbocycles. The minimum absolute atomic E-state index is 0.00815. The fourth-order valence-corrected chi connectivity index (χ4v) is 6.38. The maximum absolute atomic E-state index is 12.9. The van der Waals surface area contributed by atoms with E-state index in [-0.39, 0.29) is 43.1 Å². The largest absolute Gasteiger partial charge is 0.492 e. The Morgan fingerprint density at radius 2 is 1.81 bits per heavy atom. The minimum Gasteiger partial charge on any atom is -0.492 e. The van der Waals surface area contributed by atoms with Crippen LogP contribution in [0.25, 0.3) is 0 Å². The average Bonchev–Trinajstić information content (AvgIpc) is 3.47. The maximum Gasteiger partial charge on any atom is 0.408 e. The molecule has 0 bridgehead atoms. The first-order chi connectivity index (χ1) is 20.0. The third kappa shape index (κ3) is 12.0. The second-order valence-corrected chi connectivity index (χ2v) is 13.0. The Hall–Kier alpha value is -3.15. The Morgan fingerprint density at radius 3 is 2.55 bits per heavy atom. The summed E-state index contributed by atoms with van der Waals surface area (Å²) < 4.78 is 11.0. The van der Waals surface area contributed by atoms with E-state index in [2.05, 4.69) is 33.5 Å². The normalized spacial score (nSPS) is 20.1. The van der Waals surface area contributed by atoms with Crippen molar-refractivity contribution in [1.82, 2.24) is 26.6 Å². The summed E-state index contributed by atoms with van der Waals surface area (Å²) in [5, 5.41) is 14.8. The van der Waals surface area contributed by atoms with Crippen LogP contribution in [-0.4, -0.2) is 78.4 Å². The van der Waals surface area contributed by atoms with Crippen LogP contribution in [0, 0.1) is 6.92 Å². The summed E-state index contributed by atoms with van der Waals surface area (Å²) in [6.45, 7) is 10.2. The van der Waals surface area contributed by atoms with Crippen molar-refractivity contribution in [2.45, 2.75) is 94.7 Å². The van der Waals surface area contributed by atoms with E-state index in [1.54, 1.807) is 20.8 Å². The third-order valence-electron chi connectivity index (χ3n) is 6.92. The highest BCUT2D eigenvalue weighted by molar-refractivity contribution is 8.00. The zero-order chi connectivity index (χ0) is 30.5. The highest BCUT2D eigenvalue weighted by Gasteiger charge is 2.42. The van der Waals surface area contributed by atoms with Crippen molar-refractivity contribution in [3.8, 4) is 5.75 Å². The standard InChI is InChI=1S/C30H46N5O6S/c1-20-12-14-21(15-13-20)40-18-17-32-27(37)22(34-29(39)41-30(2,3)4)9-7-8-16-31-25(36)11-6-5-10-24-26-23(19-42-24)33-28(38)35-26/h12-15,22-24,26H,1,5-11,16-19H2,2-4H3,(H,31,36)(H,32,37)(H,34,39)(H2,33,35,38)/t22-,23+,24+,26+/m1/s1. The van der Waals surface area contributed by atoms with Gasteiger partial charge < -0.3 is 36.1 Å². The molecular formula is C30H46N5O6S. The highest BCUT2D eigenvalue weighted by Crippen LogP contribution is 2.33. The average molecular weight is 605 g/mol. The monoisotopic (exact) mass is 604 g/mol. The summed E-state index contributed by atoms with van der Waals surface area (Å²) in [7, 11) is 0. The summed E-state index contributed by atoms with van der Waals surface area (Å²) in [5.41, 5.74) is 0.202. The van der Waals surface area contributed by atoms with E-state index < -0.39 is 17.7 Å². The van der Waals surface area contributed by atoms with Gasteiger partial charge in [0.15, 0.2) is 0 Å². The van der Waals surface area contributed by atoms with Crippen molar-refractivity contribution < 1.29 is 28.7 Å². The van der Waals surface area contributed by atoms with E-state index in [4.69, 9.17) is 9.47 Å².